The molecule has 1 saturated heterocycles. The van der Waals surface area contributed by atoms with Gasteiger partial charge in [0.2, 0.25) is 5.91 Å². The summed E-state index contributed by atoms with van der Waals surface area (Å²) in [7, 11) is 1.47. The molecule has 0 aromatic heterocycles. The molecule has 1 aliphatic heterocycles. The van der Waals surface area contributed by atoms with Crippen LogP contribution >= 0.6 is 0 Å². The number of hydrogen-bond acceptors (Lipinski definition) is 5. The van der Waals surface area contributed by atoms with Crippen LogP contribution in [0.15, 0.2) is 18.2 Å². The highest BCUT2D eigenvalue weighted by molar-refractivity contribution is 5.92. The van der Waals surface area contributed by atoms with Crippen molar-refractivity contribution >= 4 is 11.6 Å². The molecule has 1 aromatic rings. The molecule has 2 rings (SSSR count). The predicted molar refractivity (Wildman–Crippen MR) is 75.1 cm³/mol. The van der Waals surface area contributed by atoms with E-state index in [0.29, 0.717) is 11.4 Å². The van der Waals surface area contributed by atoms with E-state index < -0.39 is 0 Å². The number of phenolic OH excluding ortho intramolecular Hbond substituents is 1. The van der Waals surface area contributed by atoms with Crippen LogP contribution in [0.1, 0.15) is 12.8 Å². The summed E-state index contributed by atoms with van der Waals surface area (Å²) < 4.78 is 10.5. The number of hydrogen-bond donors (Lipinski definition) is 3. The lowest BCUT2D eigenvalue weighted by molar-refractivity contribution is -0.123. The standard InChI is InChI=1S/C14H20N2O4/c1-19-13-3-2-10(8-12(13)17)16-14(18)9-20-11-4-6-15-7-5-11/h2-3,8,11,15,17H,4-7,9H2,1H3,(H,16,18). The second-order valence-corrected chi connectivity index (χ2v) is 4.70. The summed E-state index contributed by atoms with van der Waals surface area (Å²) in [5, 5.41) is 15.5. The summed E-state index contributed by atoms with van der Waals surface area (Å²) in [6.45, 7) is 1.88. The quantitative estimate of drug-likeness (QED) is 0.753. The topological polar surface area (TPSA) is 79.8 Å². The van der Waals surface area contributed by atoms with Crippen molar-refractivity contribution < 1.29 is 19.4 Å². The van der Waals surface area contributed by atoms with Crippen molar-refractivity contribution in [1.29, 1.82) is 0 Å². The molecule has 6 heteroatoms. The Morgan fingerprint density at radius 3 is 2.85 bits per heavy atom. The molecule has 1 amide bonds. The molecule has 0 unspecified atom stereocenters. The normalized spacial score (nSPS) is 15.8. The molecular weight excluding hydrogens is 260 g/mol. The number of piperidine rings is 1. The molecule has 110 valence electrons. The molecule has 0 atom stereocenters. The Labute approximate surface area is 118 Å². The van der Waals surface area contributed by atoms with Gasteiger partial charge in [-0.25, -0.2) is 0 Å². The fraction of sp³-hybridized carbons (Fsp3) is 0.500. The summed E-state index contributed by atoms with van der Waals surface area (Å²) in [4.78, 5) is 11.8. The van der Waals surface area contributed by atoms with Gasteiger partial charge in [0.1, 0.15) is 6.61 Å². The minimum Gasteiger partial charge on any atom is -0.504 e. The van der Waals surface area contributed by atoms with Crippen molar-refractivity contribution in [3.63, 3.8) is 0 Å². The Morgan fingerprint density at radius 2 is 2.20 bits per heavy atom. The smallest absolute Gasteiger partial charge is 0.250 e. The average Bonchev–Trinajstić information content (AvgIpc) is 2.46. The van der Waals surface area contributed by atoms with E-state index in [9.17, 15) is 9.90 Å². The van der Waals surface area contributed by atoms with Crippen LogP contribution in [-0.2, 0) is 9.53 Å². The van der Waals surface area contributed by atoms with E-state index in [2.05, 4.69) is 10.6 Å². The van der Waals surface area contributed by atoms with Crippen molar-refractivity contribution in [2.24, 2.45) is 0 Å². The molecule has 0 bridgehead atoms. The third kappa shape index (κ3) is 4.11. The Balaban J connectivity index is 1.80. The fourth-order valence-electron chi connectivity index (χ4n) is 2.12. The van der Waals surface area contributed by atoms with Crippen LogP contribution < -0.4 is 15.4 Å². The van der Waals surface area contributed by atoms with E-state index in [-0.39, 0.29) is 24.4 Å². The van der Waals surface area contributed by atoms with Crippen LogP contribution in [0.2, 0.25) is 0 Å². The van der Waals surface area contributed by atoms with Gasteiger partial charge in [0.25, 0.3) is 0 Å². The van der Waals surface area contributed by atoms with Crippen LogP contribution in [0.4, 0.5) is 5.69 Å². The lowest BCUT2D eigenvalue weighted by Crippen LogP contribution is -2.34. The van der Waals surface area contributed by atoms with Gasteiger partial charge in [0.05, 0.1) is 13.2 Å². The SMILES string of the molecule is COc1ccc(NC(=O)COC2CCNCC2)cc1O. The van der Waals surface area contributed by atoms with E-state index in [1.165, 1.54) is 13.2 Å². The summed E-state index contributed by atoms with van der Waals surface area (Å²) in [5.74, 6) is 0.131. The monoisotopic (exact) mass is 280 g/mol. The molecular formula is C14H20N2O4. The third-order valence-corrected chi connectivity index (χ3v) is 3.20. The minimum absolute atomic E-state index is 0.00965. The first-order chi connectivity index (χ1) is 9.69. The van der Waals surface area contributed by atoms with Gasteiger partial charge in [0, 0.05) is 11.8 Å². The fourth-order valence-corrected chi connectivity index (χ4v) is 2.12. The number of benzene rings is 1. The van der Waals surface area contributed by atoms with Crippen LogP contribution in [0.3, 0.4) is 0 Å². The first-order valence-electron chi connectivity index (χ1n) is 6.68. The lowest BCUT2D eigenvalue weighted by atomic mass is 10.1. The van der Waals surface area contributed by atoms with Crippen LogP contribution in [0.25, 0.3) is 0 Å². The summed E-state index contributed by atoms with van der Waals surface area (Å²) in [5.41, 5.74) is 0.516. The number of anilines is 1. The highest BCUT2D eigenvalue weighted by Crippen LogP contribution is 2.28. The molecule has 0 spiro atoms. The number of methoxy groups -OCH3 is 1. The third-order valence-electron chi connectivity index (χ3n) is 3.20. The van der Waals surface area contributed by atoms with Crippen molar-refractivity contribution in [3.05, 3.63) is 18.2 Å². The zero-order valence-corrected chi connectivity index (χ0v) is 11.5. The summed E-state index contributed by atoms with van der Waals surface area (Å²) >= 11 is 0. The van der Waals surface area contributed by atoms with E-state index in [4.69, 9.17) is 9.47 Å². The van der Waals surface area contributed by atoms with Gasteiger partial charge in [0.15, 0.2) is 11.5 Å². The van der Waals surface area contributed by atoms with Crippen molar-refractivity contribution in [2.45, 2.75) is 18.9 Å². The zero-order valence-electron chi connectivity index (χ0n) is 11.5. The van der Waals surface area contributed by atoms with Gasteiger partial charge < -0.3 is 25.2 Å². The van der Waals surface area contributed by atoms with Crippen LogP contribution in [0, 0.1) is 0 Å². The Hall–Kier alpha value is -1.79. The number of phenols is 1. The highest BCUT2D eigenvalue weighted by atomic mass is 16.5. The van der Waals surface area contributed by atoms with Gasteiger partial charge >= 0.3 is 0 Å². The van der Waals surface area contributed by atoms with Gasteiger partial charge in [-0.15, -0.1) is 0 Å². The van der Waals surface area contributed by atoms with Crippen molar-refractivity contribution in [2.75, 3.05) is 32.1 Å². The molecule has 20 heavy (non-hydrogen) atoms. The highest BCUT2D eigenvalue weighted by Gasteiger charge is 2.15. The number of amides is 1. The molecule has 1 aliphatic rings. The molecule has 1 fully saturated rings. The van der Waals surface area contributed by atoms with Gasteiger partial charge in [-0.2, -0.15) is 0 Å². The molecule has 0 radical (unpaired) electrons. The van der Waals surface area contributed by atoms with Gasteiger partial charge in [-0.3, -0.25) is 4.79 Å². The predicted octanol–water partition coefficient (Wildman–Crippen LogP) is 1.11. The maximum Gasteiger partial charge on any atom is 0.250 e. The Kier molecular flexibility index (Phi) is 5.20. The van der Waals surface area contributed by atoms with E-state index in [0.717, 1.165) is 25.9 Å². The number of rotatable bonds is 5. The van der Waals surface area contributed by atoms with Gasteiger partial charge in [-0.1, -0.05) is 0 Å². The number of aromatic hydroxyl groups is 1. The molecule has 1 aromatic carbocycles. The minimum atomic E-state index is -0.229. The molecule has 0 saturated carbocycles. The van der Waals surface area contributed by atoms with E-state index in [1.807, 2.05) is 0 Å². The van der Waals surface area contributed by atoms with Crippen LogP contribution in [0.5, 0.6) is 11.5 Å². The number of ether oxygens (including phenoxy) is 2. The molecule has 1 heterocycles. The molecule has 3 N–H and O–H groups in total. The summed E-state index contributed by atoms with van der Waals surface area (Å²) in [6.07, 6.45) is 2.00. The molecule has 0 aliphatic carbocycles. The lowest BCUT2D eigenvalue weighted by Gasteiger charge is -2.22. The van der Waals surface area contributed by atoms with Crippen molar-refractivity contribution in [1.82, 2.24) is 5.32 Å². The average molecular weight is 280 g/mol. The first-order valence-corrected chi connectivity index (χ1v) is 6.68. The number of carbonyl (C=O) groups is 1. The largest absolute Gasteiger partial charge is 0.504 e. The Morgan fingerprint density at radius 1 is 1.45 bits per heavy atom. The van der Waals surface area contributed by atoms with Crippen molar-refractivity contribution in [3.8, 4) is 11.5 Å². The number of nitrogens with one attached hydrogen (secondary N) is 2. The maximum atomic E-state index is 11.8. The van der Waals surface area contributed by atoms with Gasteiger partial charge in [-0.05, 0) is 38.1 Å². The second kappa shape index (κ2) is 7.12. The summed E-state index contributed by atoms with van der Waals surface area (Å²) in [6, 6.07) is 4.71. The van der Waals surface area contributed by atoms with E-state index >= 15 is 0 Å². The molecule has 6 nitrogen and oxygen atoms in total. The first kappa shape index (κ1) is 14.6. The second-order valence-electron chi connectivity index (χ2n) is 4.70. The Bertz CT molecular complexity index is 458. The number of carbonyl (C=O) groups excluding carboxylic acids is 1. The zero-order chi connectivity index (χ0) is 14.4. The van der Waals surface area contributed by atoms with E-state index in [1.54, 1.807) is 12.1 Å². The van der Waals surface area contributed by atoms with Crippen LogP contribution in [-0.4, -0.2) is 43.9 Å². The maximum absolute atomic E-state index is 11.8.